The standard InChI is InChI=1S/C21H17ClN4O3S2/c22-17-9-16(11-24-12-17)19-4-5-20(30-19)31(28,29)25-18-6-7-26(21(18)27)13-15-3-1-2-14(8-15)10-23/h1-5,8-9,11-12,18,25H,6-7,13H2/t18-/m0/s1. The number of likely N-dealkylation sites (tertiary alicyclic amines) is 1. The number of hydrogen-bond acceptors (Lipinski definition) is 6. The first-order valence-electron chi connectivity index (χ1n) is 9.36. The van der Waals surface area contributed by atoms with E-state index in [9.17, 15) is 13.2 Å². The zero-order valence-electron chi connectivity index (χ0n) is 16.2. The second-order valence-electron chi connectivity index (χ2n) is 7.05. The van der Waals surface area contributed by atoms with Crippen LogP contribution < -0.4 is 4.72 Å². The number of thiophene rings is 1. The largest absolute Gasteiger partial charge is 0.337 e. The molecular formula is C21H17ClN4O3S2. The molecule has 1 atom stereocenters. The molecule has 1 N–H and O–H groups in total. The number of sulfonamides is 1. The predicted octanol–water partition coefficient (Wildman–Crippen LogP) is 3.41. The van der Waals surface area contributed by atoms with E-state index in [1.807, 2.05) is 6.07 Å². The maximum atomic E-state index is 12.8. The minimum atomic E-state index is -3.86. The maximum absolute atomic E-state index is 12.8. The summed E-state index contributed by atoms with van der Waals surface area (Å²) < 4.78 is 28.3. The van der Waals surface area contributed by atoms with Gasteiger partial charge in [0.1, 0.15) is 10.3 Å². The molecule has 10 heteroatoms. The van der Waals surface area contributed by atoms with Crippen molar-refractivity contribution in [3.05, 3.63) is 71.0 Å². The fourth-order valence-corrected chi connectivity index (χ4v) is 6.08. The molecule has 4 rings (SSSR count). The number of carbonyl (C=O) groups excluding carboxylic acids is 1. The van der Waals surface area contributed by atoms with Crippen molar-refractivity contribution in [3.8, 4) is 16.5 Å². The number of rotatable bonds is 6. The highest BCUT2D eigenvalue weighted by Crippen LogP contribution is 2.32. The molecule has 0 unspecified atom stereocenters. The molecule has 0 spiro atoms. The summed E-state index contributed by atoms with van der Waals surface area (Å²) in [6, 6.07) is 13.2. The van der Waals surface area contributed by atoms with E-state index in [1.54, 1.807) is 41.4 Å². The number of nitrogens with one attached hydrogen (secondary N) is 1. The maximum Gasteiger partial charge on any atom is 0.250 e. The quantitative estimate of drug-likeness (QED) is 0.592. The van der Waals surface area contributed by atoms with Crippen molar-refractivity contribution in [2.45, 2.75) is 23.2 Å². The molecule has 1 aliphatic rings. The van der Waals surface area contributed by atoms with Crippen LogP contribution in [0.15, 0.2) is 59.1 Å². The number of aromatic nitrogens is 1. The highest BCUT2D eigenvalue weighted by Gasteiger charge is 2.35. The Morgan fingerprint density at radius 3 is 2.87 bits per heavy atom. The molecule has 1 aliphatic heterocycles. The monoisotopic (exact) mass is 472 g/mol. The van der Waals surface area contributed by atoms with Crippen LogP contribution in [-0.4, -0.2) is 36.8 Å². The van der Waals surface area contributed by atoms with Gasteiger partial charge in [-0.05, 0) is 42.3 Å². The normalized spacial score (nSPS) is 16.5. The lowest BCUT2D eigenvalue weighted by atomic mass is 10.1. The molecule has 3 aromatic rings. The minimum absolute atomic E-state index is 0.121. The van der Waals surface area contributed by atoms with Crippen molar-refractivity contribution < 1.29 is 13.2 Å². The molecule has 1 fully saturated rings. The zero-order chi connectivity index (χ0) is 22.0. The highest BCUT2D eigenvalue weighted by atomic mass is 35.5. The molecule has 158 valence electrons. The van der Waals surface area contributed by atoms with Gasteiger partial charge in [0.15, 0.2) is 0 Å². The Morgan fingerprint density at radius 2 is 2.10 bits per heavy atom. The van der Waals surface area contributed by atoms with Gasteiger partial charge in [0, 0.05) is 35.9 Å². The van der Waals surface area contributed by atoms with Crippen LogP contribution in [0.1, 0.15) is 17.5 Å². The van der Waals surface area contributed by atoms with Crippen molar-refractivity contribution in [2.24, 2.45) is 0 Å². The molecule has 2 aromatic heterocycles. The summed E-state index contributed by atoms with van der Waals surface area (Å²) >= 11 is 7.05. The van der Waals surface area contributed by atoms with Crippen LogP contribution in [0.25, 0.3) is 10.4 Å². The van der Waals surface area contributed by atoms with Gasteiger partial charge < -0.3 is 4.90 Å². The zero-order valence-corrected chi connectivity index (χ0v) is 18.5. The molecule has 7 nitrogen and oxygen atoms in total. The van der Waals surface area contributed by atoms with Gasteiger partial charge in [0.2, 0.25) is 5.91 Å². The number of pyridine rings is 1. The lowest BCUT2D eigenvalue weighted by Gasteiger charge is -2.17. The van der Waals surface area contributed by atoms with Crippen LogP contribution in [0.4, 0.5) is 0 Å². The first kappa shape index (κ1) is 21.5. The molecule has 0 saturated carbocycles. The summed E-state index contributed by atoms with van der Waals surface area (Å²) in [4.78, 5) is 19.1. The summed E-state index contributed by atoms with van der Waals surface area (Å²) in [6.07, 6.45) is 3.50. The van der Waals surface area contributed by atoms with Gasteiger partial charge in [-0.3, -0.25) is 9.78 Å². The summed E-state index contributed by atoms with van der Waals surface area (Å²) in [5.41, 5.74) is 2.07. The number of nitrogens with zero attached hydrogens (tertiary/aromatic N) is 3. The van der Waals surface area contributed by atoms with E-state index in [0.717, 1.165) is 22.5 Å². The smallest absolute Gasteiger partial charge is 0.250 e. The fraction of sp³-hybridized carbons (Fsp3) is 0.190. The third kappa shape index (κ3) is 4.78. The third-order valence-electron chi connectivity index (χ3n) is 4.86. The Morgan fingerprint density at radius 1 is 1.26 bits per heavy atom. The van der Waals surface area contributed by atoms with Crippen LogP contribution in [0.2, 0.25) is 5.02 Å². The molecule has 1 amide bonds. The van der Waals surface area contributed by atoms with Gasteiger partial charge in [-0.2, -0.15) is 9.98 Å². The Labute approximate surface area is 189 Å². The Hall–Kier alpha value is -2.77. The van der Waals surface area contributed by atoms with Gasteiger partial charge in [0.05, 0.1) is 16.7 Å². The second-order valence-corrected chi connectivity index (χ2v) is 10.5. The number of nitriles is 1. The number of benzene rings is 1. The van der Waals surface area contributed by atoms with Gasteiger partial charge >= 0.3 is 0 Å². The van der Waals surface area contributed by atoms with Crippen molar-refractivity contribution in [3.63, 3.8) is 0 Å². The highest BCUT2D eigenvalue weighted by molar-refractivity contribution is 7.91. The van der Waals surface area contributed by atoms with Crippen LogP contribution in [0.3, 0.4) is 0 Å². The number of amides is 1. The average Bonchev–Trinajstić information content (AvgIpc) is 3.38. The van der Waals surface area contributed by atoms with Gasteiger partial charge in [-0.15, -0.1) is 11.3 Å². The van der Waals surface area contributed by atoms with E-state index >= 15 is 0 Å². The van der Waals surface area contributed by atoms with E-state index in [1.165, 1.54) is 12.3 Å². The summed E-state index contributed by atoms with van der Waals surface area (Å²) in [5.74, 6) is -0.276. The molecule has 0 aliphatic carbocycles. The van der Waals surface area contributed by atoms with E-state index in [0.29, 0.717) is 35.0 Å². The van der Waals surface area contributed by atoms with E-state index < -0.39 is 16.1 Å². The average molecular weight is 473 g/mol. The number of hydrogen-bond donors (Lipinski definition) is 1. The topological polar surface area (TPSA) is 103 Å². The second kappa shape index (κ2) is 8.77. The van der Waals surface area contributed by atoms with E-state index in [-0.39, 0.29) is 10.1 Å². The first-order chi connectivity index (χ1) is 14.9. The predicted molar refractivity (Wildman–Crippen MR) is 118 cm³/mol. The van der Waals surface area contributed by atoms with Crippen molar-refractivity contribution in [1.29, 1.82) is 5.26 Å². The van der Waals surface area contributed by atoms with Crippen LogP contribution in [0.5, 0.6) is 0 Å². The summed E-state index contributed by atoms with van der Waals surface area (Å²) in [5, 5.41) is 9.49. The first-order valence-corrected chi connectivity index (χ1v) is 12.0. The van der Waals surface area contributed by atoms with Gasteiger partial charge in [-0.1, -0.05) is 23.7 Å². The lowest BCUT2D eigenvalue weighted by Crippen LogP contribution is -2.41. The van der Waals surface area contributed by atoms with Crippen molar-refractivity contribution >= 4 is 38.9 Å². The number of carbonyl (C=O) groups is 1. The minimum Gasteiger partial charge on any atom is -0.337 e. The Bertz CT molecular complexity index is 1280. The molecule has 1 saturated heterocycles. The molecule has 31 heavy (non-hydrogen) atoms. The van der Waals surface area contributed by atoms with Crippen LogP contribution in [-0.2, 0) is 21.4 Å². The SMILES string of the molecule is N#Cc1cccc(CN2CC[C@H](NS(=O)(=O)c3ccc(-c4cncc(Cl)c4)s3)C2=O)c1. The fourth-order valence-electron chi connectivity index (χ4n) is 3.38. The summed E-state index contributed by atoms with van der Waals surface area (Å²) in [6.45, 7) is 0.768. The van der Waals surface area contributed by atoms with Gasteiger partial charge in [-0.25, -0.2) is 8.42 Å². The number of halogens is 1. The molecule has 1 aromatic carbocycles. The van der Waals surface area contributed by atoms with Crippen molar-refractivity contribution in [1.82, 2.24) is 14.6 Å². The van der Waals surface area contributed by atoms with E-state index in [4.69, 9.17) is 16.9 Å². The van der Waals surface area contributed by atoms with Crippen LogP contribution >= 0.6 is 22.9 Å². The third-order valence-corrected chi connectivity index (χ3v) is 8.16. The van der Waals surface area contributed by atoms with Crippen LogP contribution in [0, 0.1) is 11.3 Å². The Kier molecular flexibility index (Phi) is 6.07. The molecule has 0 radical (unpaired) electrons. The lowest BCUT2D eigenvalue weighted by molar-refractivity contribution is -0.129. The molecular weight excluding hydrogens is 456 g/mol. The van der Waals surface area contributed by atoms with Gasteiger partial charge in [0.25, 0.3) is 10.0 Å². The Balaban J connectivity index is 1.45. The molecule has 0 bridgehead atoms. The summed E-state index contributed by atoms with van der Waals surface area (Å²) in [7, 11) is -3.86. The van der Waals surface area contributed by atoms with Crippen molar-refractivity contribution in [2.75, 3.05) is 6.54 Å². The van der Waals surface area contributed by atoms with E-state index in [2.05, 4.69) is 15.8 Å². The molecule has 3 heterocycles.